The van der Waals surface area contributed by atoms with Gasteiger partial charge in [-0.15, -0.1) is 0 Å². The monoisotopic (exact) mass is 173 g/mol. The van der Waals surface area contributed by atoms with Crippen LogP contribution in [0, 0.1) is 5.92 Å². The summed E-state index contributed by atoms with van der Waals surface area (Å²) in [7, 11) is 0. The Labute approximate surface area is 74.3 Å². The van der Waals surface area contributed by atoms with E-state index in [0.717, 1.165) is 12.8 Å². The maximum atomic E-state index is 11.2. The number of ether oxygens (including phenoxy) is 1. The third kappa shape index (κ3) is 3.72. The molecule has 0 aliphatic carbocycles. The van der Waals surface area contributed by atoms with E-state index in [4.69, 9.17) is 10.5 Å². The summed E-state index contributed by atoms with van der Waals surface area (Å²) in [4.78, 5) is 11.2. The van der Waals surface area contributed by atoms with Gasteiger partial charge < -0.3 is 10.5 Å². The van der Waals surface area contributed by atoms with E-state index < -0.39 is 6.04 Å². The van der Waals surface area contributed by atoms with Crippen molar-refractivity contribution < 1.29 is 9.53 Å². The molecule has 0 unspecified atom stereocenters. The fourth-order valence-corrected chi connectivity index (χ4v) is 0.785. The Balaban J connectivity index is 3.75. The zero-order chi connectivity index (χ0) is 9.56. The molecule has 3 heteroatoms. The molecule has 0 aromatic rings. The lowest BCUT2D eigenvalue weighted by Gasteiger charge is -2.16. The van der Waals surface area contributed by atoms with Gasteiger partial charge in [0.2, 0.25) is 0 Å². The zero-order valence-corrected chi connectivity index (χ0v) is 8.17. The highest BCUT2D eigenvalue weighted by molar-refractivity contribution is 5.75. The highest BCUT2D eigenvalue weighted by Gasteiger charge is 2.20. The summed E-state index contributed by atoms with van der Waals surface area (Å²) in [5.41, 5.74) is 5.64. The Hall–Kier alpha value is -0.570. The van der Waals surface area contributed by atoms with Crippen molar-refractivity contribution >= 4 is 5.97 Å². The highest BCUT2D eigenvalue weighted by Crippen LogP contribution is 2.06. The largest absolute Gasteiger partial charge is 0.465 e. The summed E-state index contributed by atoms with van der Waals surface area (Å²) in [6.07, 6.45) is 1.75. The smallest absolute Gasteiger partial charge is 0.323 e. The van der Waals surface area contributed by atoms with Crippen molar-refractivity contribution in [1.29, 1.82) is 0 Å². The van der Waals surface area contributed by atoms with Gasteiger partial charge in [-0.2, -0.15) is 0 Å². The molecule has 0 saturated heterocycles. The van der Waals surface area contributed by atoms with Crippen molar-refractivity contribution in [2.45, 2.75) is 39.7 Å². The van der Waals surface area contributed by atoms with Crippen LogP contribution in [0.25, 0.3) is 0 Å². The number of esters is 1. The van der Waals surface area contributed by atoms with E-state index in [9.17, 15) is 4.79 Å². The lowest BCUT2D eigenvalue weighted by atomic mass is 10.0. The summed E-state index contributed by atoms with van der Waals surface area (Å²) in [5, 5.41) is 0. The SMILES string of the molecule is CCCOC(=O)[C@@H](N)[C@@H](C)CC. The van der Waals surface area contributed by atoms with Crippen LogP contribution < -0.4 is 5.73 Å². The number of carbonyl (C=O) groups is 1. The molecule has 0 aromatic heterocycles. The summed E-state index contributed by atoms with van der Waals surface area (Å²) in [5.74, 6) is -0.0689. The molecular formula is C9H19NO2. The van der Waals surface area contributed by atoms with Gasteiger partial charge in [-0.05, 0) is 12.3 Å². The first-order valence-corrected chi connectivity index (χ1v) is 4.55. The summed E-state index contributed by atoms with van der Waals surface area (Å²) >= 11 is 0. The first kappa shape index (κ1) is 11.4. The number of carbonyl (C=O) groups excluding carboxylic acids is 1. The molecule has 0 bridgehead atoms. The van der Waals surface area contributed by atoms with Crippen molar-refractivity contribution in [2.24, 2.45) is 11.7 Å². The predicted molar refractivity (Wildman–Crippen MR) is 48.7 cm³/mol. The van der Waals surface area contributed by atoms with Gasteiger partial charge in [-0.3, -0.25) is 4.79 Å². The van der Waals surface area contributed by atoms with Gasteiger partial charge in [0.25, 0.3) is 0 Å². The molecule has 0 rings (SSSR count). The molecule has 3 nitrogen and oxygen atoms in total. The van der Waals surface area contributed by atoms with Crippen molar-refractivity contribution in [3.63, 3.8) is 0 Å². The van der Waals surface area contributed by atoms with E-state index in [1.807, 2.05) is 20.8 Å². The highest BCUT2D eigenvalue weighted by atomic mass is 16.5. The van der Waals surface area contributed by atoms with Crippen molar-refractivity contribution in [2.75, 3.05) is 6.61 Å². The number of nitrogens with two attached hydrogens (primary N) is 1. The van der Waals surface area contributed by atoms with Gasteiger partial charge in [0.05, 0.1) is 6.61 Å². The molecule has 0 amide bonds. The van der Waals surface area contributed by atoms with Crippen molar-refractivity contribution in [1.82, 2.24) is 0 Å². The Kier molecular flexibility index (Phi) is 5.72. The van der Waals surface area contributed by atoms with Crippen LogP contribution in [0.4, 0.5) is 0 Å². The van der Waals surface area contributed by atoms with E-state index in [0.29, 0.717) is 6.61 Å². The molecule has 0 aliphatic rings. The Morgan fingerprint density at radius 1 is 1.50 bits per heavy atom. The fourth-order valence-electron chi connectivity index (χ4n) is 0.785. The second kappa shape index (κ2) is 6.00. The van der Waals surface area contributed by atoms with Crippen molar-refractivity contribution in [3.8, 4) is 0 Å². The Morgan fingerprint density at radius 3 is 2.50 bits per heavy atom. The van der Waals surface area contributed by atoms with Gasteiger partial charge in [0.1, 0.15) is 6.04 Å². The van der Waals surface area contributed by atoms with Crippen LogP contribution in [0.2, 0.25) is 0 Å². The molecular weight excluding hydrogens is 154 g/mol. The topological polar surface area (TPSA) is 52.3 Å². The molecule has 0 heterocycles. The molecule has 0 spiro atoms. The van der Waals surface area contributed by atoms with E-state index in [1.165, 1.54) is 0 Å². The number of hydrogen-bond acceptors (Lipinski definition) is 3. The molecule has 0 fully saturated rings. The van der Waals surface area contributed by atoms with E-state index >= 15 is 0 Å². The fraction of sp³-hybridized carbons (Fsp3) is 0.889. The van der Waals surface area contributed by atoms with Gasteiger partial charge in [-0.25, -0.2) is 0 Å². The average molecular weight is 173 g/mol. The van der Waals surface area contributed by atoms with E-state index in [2.05, 4.69) is 0 Å². The van der Waals surface area contributed by atoms with Crippen LogP contribution in [0.3, 0.4) is 0 Å². The zero-order valence-electron chi connectivity index (χ0n) is 8.17. The van der Waals surface area contributed by atoms with Crippen LogP contribution in [0.15, 0.2) is 0 Å². The third-order valence-electron chi connectivity index (χ3n) is 1.98. The summed E-state index contributed by atoms with van der Waals surface area (Å²) in [6.45, 7) is 6.40. The number of hydrogen-bond donors (Lipinski definition) is 1. The minimum atomic E-state index is -0.457. The first-order chi connectivity index (χ1) is 5.63. The number of rotatable bonds is 5. The standard InChI is InChI=1S/C9H19NO2/c1-4-6-12-9(11)8(10)7(3)5-2/h7-8H,4-6,10H2,1-3H3/t7-,8-/m0/s1. The lowest BCUT2D eigenvalue weighted by molar-refractivity contribution is -0.146. The van der Waals surface area contributed by atoms with E-state index in [-0.39, 0.29) is 11.9 Å². The van der Waals surface area contributed by atoms with Gasteiger partial charge in [0, 0.05) is 0 Å². The molecule has 2 N–H and O–H groups in total. The van der Waals surface area contributed by atoms with E-state index in [1.54, 1.807) is 0 Å². The Morgan fingerprint density at radius 2 is 2.08 bits per heavy atom. The molecule has 12 heavy (non-hydrogen) atoms. The van der Waals surface area contributed by atoms with Crippen molar-refractivity contribution in [3.05, 3.63) is 0 Å². The minimum Gasteiger partial charge on any atom is -0.465 e. The average Bonchev–Trinajstić information content (AvgIpc) is 2.11. The summed E-state index contributed by atoms with van der Waals surface area (Å²) < 4.78 is 4.91. The second-order valence-corrected chi connectivity index (χ2v) is 3.08. The van der Waals surface area contributed by atoms with Crippen LogP contribution in [-0.4, -0.2) is 18.6 Å². The van der Waals surface area contributed by atoms with Gasteiger partial charge >= 0.3 is 5.97 Å². The molecule has 72 valence electrons. The Bertz CT molecular complexity index is 136. The second-order valence-electron chi connectivity index (χ2n) is 3.08. The predicted octanol–water partition coefficient (Wildman–Crippen LogP) is 1.31. The quantitative estimate of drug-likeness (QED) is 0.638. The minimum absolute atomic E-state index is 0.203. The normalized spacial score (nSPS) is 15.3. The first-order valence-electron chi connectivity index (χ1n) is 4.55. The maximum Gasteiger partial charge on any atom is 0.323 e. The van der Waals surface area contributed by atoms with Crippen LogP contribution in [0.5, 0.6) is 0 Å². The van der Waals surface area contributed by atoms with Crippen LogP contribution >= 0.6 is 0 Å². The molecule has 2 atom stereocenters. The lowest BCUT2D eigenvalue weighted by Crippen LogP contribution is -2.38. The van der Waals surface area contributed by atoms with Crippen LogP contribution in [-0.2, 0) is 9.53 Å². The van der Waals surface area contributed by atoms with Gasteiger partial charge in [0.15, 0.2) is 0 Å². The molecule has 0 aromatic carbocycles. The third-order valence-corrected chi connectivity index (χ3v) is 1.98. The maximum absolute atomic E-state index is 11.2. The summed E-state index contributed by atoms with van der Waals surface area (Å²) in [6, 6.07) is -0.457. The molecule has 0 radical (unpaired) electrons. The van der Waals surface area contributed by atoms with Crippen LogP contribution in [0.1, 0.15) is 33.6 Å². The molecule has 0 aliphatic heterocycles. The van der Waals surface area contributed by atoms with Gasteiger partial charge in [-0.1, -0.05) is 27.2 Å². The molecule has 0 saturated carbocycles.